The zero-order chi connectivity index (χ0) is 20.1. The Kier molecular flexibility index (Phi) is 6.79. The van der Waals surface area contributed by atoms with Crippen molar-refractivity contribution < 1.29 is 8.42 Å². The van der Waals surface area contributed by atoms with Crippen LogP contribution in [0.4, 0.5) is 0 Å². The van der Waals surface area contributed by atoms with Crippen molar-refractivity contribution in [3.05, 3.63) is 35.7 Å². The minimum atomic E-state index is -3.52. The number of hydrogen-bond donors (Lipinski definition) is 0. The molecule has 1 aromatic heterocycles. The summed E-state index contributed by atoms with van der Waals surface area (Å²) in [5, 5.41) is 12.0. The number of benzene rings is 1. The molecule has 154 valence electrons. The van der Waals surface area contributed by atoms with Gasteiger partial charge in [0.15, 0.2) is 21.5 Å². The number of hydrogen-bond acceptors (Lipinski definition) is 7. The van der Waals surface area contributed by atoms with Crippen LogP contribution in [0.15, 0.2) is 29.2 Å². The number of aromatic nitrogens is 4. The SMILES string of the molecule is CCC[C@@H](c1nnnn1CS(=O)(=O)c1ccc(C)cc1)N1CCN(CC)CC1. The summed E-state index contributed by atoms with van der Waals surface area (Å²) in [7, 11) is -3.52. The summed E-state index contributed by atoms with van der Waals surface area (Å²) in [4.78, 5) is 5.10. The lowest BCUT2D eigenvalue weighted by molar-refractivity contribution is 0.0891. The van der Waals surface area contributed by atoms with Crippen LogP contribution in [0.5, 0.6) is 0 Å². The lowest BCUT2D eigenvalue weighted by Gasteiger charge is -2.38. The van der Waals surface area contributed by atoms with Crippen molar-refractivity contribution in [1.29, 1.82) is 0 Å². The van der Waals surface area contributed by atoms with Crippen molar-refractivity contribution in [2.75, 3.05) is 32.7 Å². The Morgan fingerprint density at radius 1 is 1.07 bits per heavy atom. The summed E-state index contributed by atoms with van der Waals surface area (Å²) in [5.74, 6) is 0.399. The molecule has 0 radical (unpaired) electrons. The predicted molar refractivity (Wildman–Crippen MR) is 108 cm³/mol. The second-order valence-corrected chi connectivity index (χ2v) is 9.33. The third-order valence-electron chi connectivity index (χ3n) is 5.39. The summed E-state index contributed by atoms with van der Waals surface area (Å²) < 4.78 is 27.2. The highest BCUT2D eigenvalue weighted by atomic mass is 32.2. The molecule has 2 heterocycles. The van der Waals surface area contributed by atoms with Crippen LogP contribution >= 0.6 is 0 Å². The van der Waals surface area contributed by atoms with Gasteiger partial charge >= 0.3 is 0 Å². The average Bonchev–Trinajstić information content (AvgIpc) is 3.13. The van der Waals surface area contributed by atoms with Gasteiger partial charge in [-0.15, -0.1) is 5.10 Å². The molecule has 2 aromatic rings. The highest BCUT2D eigenvalue weighted by Gasteiger charge is 2.29. The van der Waals surface area contributed by atoms with Crippen LogP contribution in [0.1, 0.15) is 44.1 Å². The molecule has 8 nitrogen and oxygen atoms in total. The fourth-order valence-electron chi connectivity index (χ4n) is 3.66. The van der Waals surface area contributed by atoms with Gasteiger partial charge in [-0.25, -0.2) is 13.1 Å². The molecule has 1 aliphatic heterocycles. The van der Waals surface area contributed by atoms with E-state index in [0.717, 1.165) is 51.1 Å². The molecule has 0 saturated carbocycles. The van der Waals surface area contributed by atoms with Crippen molar-refractivity contribution in [1.82, 2.24) is 30.0 Å². The second-order valence-electron chi connectivity index (χ2n) is 7.37. The fourth-order valence-corrected chi connectivity index (χ4v) is 4.87. The van der Waals surface area contributed by atoms with Gasteiger partial charge in [0, 0.05) is 26.2 Å². The first-order valence-electron chi connectivity index (χ1n) is 9.96. The van der Waals surface area contributed by atoms with Gasteiger partial charge in [0.2, 0.25) is 0 Å². The Hall–Kier alpha value is -1.84. The van der Waals surface area contributed by atoms with Crippen LogP contribution in [-0.4, -0.2) is 71.1 Å². The first kappa shape index (κ1) is 20.9. The quantitative estimate of drug-likeness (QED) is 0.662. The van der Waals surface area contributed by atoms with Crippen molar-refractivity contribution in [3.8, 4) is 0 Å². The molecule has 0 N–H and O–H groups in total. The lowest BCUT2D eigenvalue weighted by Crippen LogP contribution is -2.47. The molecule has 0 amide bonds. The molecule has 0 spiro atoms. The van der Waals surface area contributed by atoms with Gasteiger partial charge in [-0.1, -0.05) is 38.0 Å². The van der Waals surface area contributed by atoms with Crippen LogP contribution in [0.2, 0.25) is 0 Å². The number of tetrazole rings is 1. The van der Waals surface area contributed by atoms with Gasteiger partial charge < -0.3 is 4.90 Å². The highest BCUT2D eigenvalue weighted by molar-refractivity contribution is 7.90. The van der Waals surface area contributed by atoms with Crippen molar-refractivity contribution in [2.45, 2.75) is 50.4 Å². The molecular formula is C19H30N6O2S. The number of sulfone groups is 1. The second kappa shape index (κ2) is 9.11. The monoisotopic (exact) mass is 406 g/mol. The molecule has 0 aliphatic carbocycles. The van der Waals surface area contributed by atoms with Gasteiger partial charge in [0.25, 0.3) is 0 Å². The number of likely N-dealkylation sites (N-methyl/N-ethyl adjacent to an activating group) is 1. The van der Waals surface area contributed by atoms with Crippen LogP contribution in [0.25, 0.3) is 0 Å². The maximum Gasteiger partial charge on any atom is 0.198 e. The van der Waals surface area contributed by atoms with Crippen molar-refractivity contribution in [3.63, 3.8) is 0 Å². The summed E-state index contributed by atoms with van der Waals surface area (Å²) in [6.07, 6.45) is 1.88. The third-order valence-corrected chi connectivity index (χ3v) is 6.96. The lowest BCUT2D eigenvalue weighted by atomic mass is 10.1. The van der Waals surface area contributed by atoms with Crippen LogP contribution in [0, 0.1) is 6.92 Å². The Morgan fingerprint density at radius 2 is 1.75 bits per heavy atom. The molecule has 28 heavy (non-hydrogen) atoms. The topological polar surface area (TPSA) is 84.2 Å². The average molecular weight is 407 g/mol. The smallest absolute Gasteiger partial charge is 0.198 e. The Morgan fingerprint density at radius 3 is 2.36 bits per heavy atom. The first-order valence-corrected chi connectivity index (χ1v) is 11.6. The van der Waals surface area contributed by atoms with E-state index in [0.29, 0.717) is 10.7 Å². The molecular weight excluding hydrogens is 376 g/mol. The molecule has 1 saturated heterocycles. The normalized spacial score (nSPS) is 17.7. The van der Waals surface area contributed by atoms with Crippen LogP contribution in [-0.2, 0) is 15.7 Å². The fraction of sp³-hybridized carbons (Fsp3) is 0.632. The van der Waals surface area contributed by atoms with Crippen LogP contribution in [0.3, 0.4) is 0 Å². The Bertz CT molecular complexity index is 857. The predicted octanol–water partition coefficient (Wildman–Crippen LogP) is 1.89. The van der Waals surface area contributed by atoms with Crippen molar-refractivity contribution in [2.24, 2.45) is 0 Å². The van der Waals surface area contributed by atoms with E-state index in [9.17, 15) is 8.42 Å². The van der Waals surface area contributed by atoms with Gasteiger partial charge in [-0.3, -0.25) is 4.90 Å². The van der Waals surface area contributed by atoms with E-state index < -0.39 is 9.84 Å². The highest BCUT2D eigenvalue weighted by Crippen LogP contribution is 2.26. The zero-order valence-electron chi connectivity index (χ0n) is 17.0. The van der Waals surface area contributed by atoms with E-state index in [1.807, 2.05) is 6.92 Å². The number of rotatable bonds is 8. The maximum absolute atomic E-state index is 12.9. The van der Waals surface area contributed by atoms with E-state index in [-0.39, 0.29) is 11.9 Å². The van der Waals surface area contributed by atoms with Crippen molar-refractivity contribution >= 4 is 9.84 Å². The van der Waals surface area contributed by atoms with E-state index >= 15 is 0 Å². The molecule has 3 rings (SSSR count). The molecule has 0 bridgehead atoms. The van der Waals surface area contributed by atoms with E-state index in [1.54, 1.807) is 24.3 Å². The van der Waals surface area contributed by atoms with Gasteiger partial charge in [-0.2, -0.15) is 0 Å². The number of piperazine rings is 1. The standard InChI is InChI=1S/C19H30N6O2S/c1-4-6-18(24-13-11-23(5-2)12-14-24)19-20-21-22-25(19)15-28(26,27)17-9-7-16(3)8-10-17/h7-10,18H,4-6,11-15H2,1-3H3/t18-/m0/s1. The Labute approximate surface area is 167 Å². The van der Waals surface area contributed by atoms with Crippen LogP contribution < -0.4 is 0 Å². The minimum Gasteiger partial charge on any atom is -0.301 e. The molecule has 1 atom stereocenters. The van der Waals surface area contributed by atoms with Gasteiger partial charge in [0.05, 0.1) is 10.9 Å². The molecule has 1 aliphatic rings. The third kappa shape index (κ3) is 4.76. The van der Waals surface area contributed by atoms with E-state index in [2.05, 4.69) is 39.2 Å². The Balaban J connectivity index is 1.81. The van der Waals surface area contributed by atoms with E-state index in [4.69, 9.17) is 0 Å². The van der Waals surface area contributed by atoms with E-state index in [1.165, 1.54) is 4.68 Å². The molecule has 1 aromatic carbocycles. The summed E-state index contributed by atoms with van der Waals surface area (Å²) in [5.41, 5.74) is 1.02. The number of aryl methyl sites for hydroxylation is 1. The van der Waals surface area contributed by atoms with Gasteiger partial charge in [-0.05, 0) is 42.4 Å². The molecule has 0 unspecified atom stereocenters. The van der Waals surface area contributed by atoms with Gasteiger partial charge in [0.1, 0.15) is 0 Å². The minimum absolute atomic E-state index is 0.0345. The largest absolute Gasteiger partial charge is 0.301 e. The first-order chi connectivity index (χ1) is 13.4. The summed E-state index contributed by atoms with van der Waals surface area (Å²) in [6.45, 7) is 11.2. The number of nitrogens with zero attached hydrogens (tertiary/aromatic N) is 6. The zero-order valence-corrected chi connectivity index (χ0v) is 17.8. The molecule has 9 heteroatoms. The molecule has 1 fully saturated rings. The summed E-state index contributed by atoms with van der Waals surface area (Å²) in [6, 6.07) is 6.93. The maximum atomic E-state index is 12.9. The summed E-state index contributed by atoms with van der Waals surface area (Å²) >= 11 is 0.